The van der Waals surface area contributed by atoms with Crippen molar-refractivity contribution in [3.63, 3.8) is 0 Å². The molecule has 0 bridgehead atoms. The number of aryl methyl sites for hydroxylation is 2. The summed E-state index contributed by atoms with van der Waals surface area (Å²) in [4.78, 5) is 24.7. The number of aromatic nitrogens is 3. The van der Waals surface area contributed by atoms with Crippen molar-refractivity contribution in [2.24, 2.45) is 0 Å². The van der Waals surface area contributed by atoms with Gasteiger partial charge in [0.25, 0.3) is 5.91 Å². The van der Waals surface area contributed by atoms with E-state index in [-0.39, 0.29) is 11.4 Å². The van der Waals surface area contributed by atoms with Crippen LogP contribution in [0.4, 0.5) is 10.2 Å². The summed E-state index contributed by atoms with van der Waals surface area (Å²) in [6.45, 7) is 3.83. The molecule has 132 valence electrons. The molecule has 26 heavy (non-hydrogen) atoms. The zero-order chi connectivity index (χ0) is 18.5. The lowest BCUT2D eigenvalue weighted by Crippen LogP contribution is -2.15. The average molecular weight is 352 g/mol. The first-order chi connectivity index (χ1) is 12.5. The van der Waals surface area contributed by atoms with Crippen molar-refractivity contribution in [2.75, 3.05) is 5.32 Å². The second-order valence-electron chi connectivity index (χ2n) is 5.65. The third kappa shape index (κ3) is 4.38. The fourth-order valence-corrected chi connectivity index (χ4v) is 2.22. The van der Waals surface area contributed by atoms with E-state index in [1.807, 2.05) is 19.9 Å². The first-order valence-electron chi connectivity index (χ1n) is 8.07. The van der Waals surface area contributed by atoms with Crippen LogP contribution in [0.5, 0.6) is 11.5 Å². The molecular formula is C19H17FN4O2. The number of hydrogen-bond acceptors (Lipinski definition) is 5. The number of pyridine rings is 3. The van der Waals surface area contributed by atoms with Crippen molar-refractivity contribution in [1.82, 2.24) is 15.0 Å². The predicted octanol–water partition coefficient (Wildman–Crippen LogP) is 3.93. The van der Waals surface area contributed by atoms with E-state index in [0.29, 0.717) is 23.7 Å². The standard InChI is InChI=1S/C19H17FN4O2/c1-3-14-7-15(26-16-6-13(20)10-21-11-16)8-17(23-14)19(25)24-18-5-4-12(2)9-22-18/h4-11H,3H2,1-2H3,(H,22,24,25). The van der Waals surface area contributed by atoms with Gasteiger partial charge in [-0.15, -0.1) is 0 Å². The fraction of sp³-hybridized carbons (Fsp3) is 0.158. The molecule has 0 aliphatic carbocycles. The lowest BCUT2D eigenvalue weighted by molar-refractivity contribution is 0.102. The number of anilines is 1. The van der Waals surface area contributed by atoms with Crippen molar-refractivity contribution in [2.45, 2.75) is 20.3 Å². The molecule has 0 aliphatic rings. The number of ether oxygens (including phenoxy) is 1. The van der Waals surface area contributed by atoms with Gasteiger partial charge in [0, 0.05) is 30.1 Å². The summed E-state index contributed by atoms with van der Waals surface area (Å²) < 4.78 is 18.9. The summed E-state index contributed by atoms with van der Waals surface area (Å²) in [5, 5.41) is 2.70. The van der Waals surface area contributed by atoms with Crippen LogP contribution in [0.3, 0.4) is 0 Å². The molecule has 3 aromatic rings. The van der Waals surface area contributed by atoms with Gasteiger partial charge in [-0.25, -0.2) is 14.4 Å². The number of carbonyl (C=O) groups excluding carboxylic acids is 1. The molecule has 3 heterocycles. The molecule has 0 atom stereocenters. The highest BCUT2D eigenvalue weighted by atomic mass is 19.1. The van der Waals surface area contributed by atoms with Crippen LogP contribution in [0.1, 0.15) is 28.7 Å². The second kappa shape index (κ2) is 7.69. The molecular weight excluding hydrogens is 335 g/mol. The number of hydrogen-bond donors (Lipinski definition) is 1. The molecule has 0 saturated carbocycles. The topological polar surface area (TPSA) is 77.0 Å². The highest BCUT2D eigenvalue weighted by Gasteiger charge is 2.13. The van der Waals surface area contributed by atoms with E-state index in [4.69, 9.17) is 4.74 Å². The van der Waals surface area contributed by atoms with E-state index in [1.165, 1.54) is 18.3 Å². The number of halogens is 1. The normalized spacial score (nSPS) is 10.4. The molecule has 0 unspecified atom stereocenters. The summed E-state index contributed by atoms with van der Waals surface area (Å²) in [6, 6.07) is 7.98. The zero-order valence-corrected chi connectivity index (χ0v) is 14.4. The van der Waals surface area contributed by atoms with Gasteiger partial charge in [0.15, 0.2) is 0 Å². The largest absolute Gasteiger partial charge is 0.455 e. The van der Waals surface area contributed by atoms with Crippen LogP contribution in [0.2, 0.25) is 0 Å². The molecule has 0 spiro atoms. The minimum Gasteiger partial charge on any atom is -0.455 e. The van der Waals surface area contributed by atoms with E-state index >= 15 is 0 Å². The van der Waals surface area contributed by atoms with Crippen molar-refractivity contribution in [3.8, 4) is 11.5 Å². The number of nitrogens with one attached hydrogen (secondary N) is 1. The van der Waals surface area contributed by atoms with Crippen molar-refractivity contribution in [1.29, 1.82) is 0 Å². The highest BCUT2D eigenvalue weighted by molar-refractivity contribution is 6.02. The van der Waals surface area contributed by atoms with Crippen LogP contribution in [0.15, 0.2) is 48.9 Å². The predicted molar refractivity (Wildman–Crippen MR) is 94.8 cm³/mol. The van der Waals surface area contributed by atoms with Crippen molar-refractivity contribution >= 4 is 11.7 Å². The van der Waals surface area contributed by atoms with Crippen molar-refractivity contribution in [3.05, 3.63) is 71.7 Å². The molecule has 3 aromatic heterocycles. The van der Waals surface area contributed by atoms with Crippen molar-refractivity contribution < 1.29 is 13.9 Å². The Morgan fingerprint density at radius 3 is 2.69 bits per heavy atom. The maximum Gasteiger partial charge on any atom is 0.275 e. The molecule has 0 aliphatic heterocycles. The lowest BCUT2D eigenvalue weighted by atomic mass is 10.2. The van der Waals surface area contributed by atoms with Gasteiger partial charge in [-0.3, -0.25) is 9.78 Å². The van der Waals surface area contributed by atoms with Crippen LogP contribution in [-0.2, 0) is 6.42 Å². The Kier molecular flexibility index (Phi) is 5.17. The van der Waals surface area contributed by atoms with Crippen LogP contribution in [0.25, 0.3) is 0 Å². The SMILES string of the molecule is CCc1cc(Oc2cncc(F)c2)cc(C(=O)Nc2ccc(C)cn2)n1. The van der Waals surface area contributed by atoms with Gasteiger partial charge in [-0.2, -0.15) is 0 Å². The molecule has 0 radical (unpaired) electrons. The Balaban J connectivity index is 1.84. The molecule has 0 saturated heterocycles. The summed E-state index contributed by atoms with van der Waals surface area (Å²) in [5.74, 6) is 0.145. The lowest BCUT2D eigenvalue weighted by Gasteiger charge is -2.10. The minimum atomic E-state index is -0.504. The smallest absolute Gasteiger partial charge is 0.275 e. The van der Waals surface area contributed by atoms with Gasteiger partial charge in [-0.05, 0) is 25.0 Å². The van der Waals surface area contributed by atoms with Crippen LogP contribution in [-0.4, -0.2) is 20.9 Å². The molecule has 7 heteroatoms. The molecule has 1 amide bonds. The molecule has 3 rings (SSSR count). The number of rotatable bonds is 5. The summed E-state index contributed by atoms with van der Waals surface area (Å²) in [7, 11) is 0. The Morgan fingerprint density at radius 1 is 1.15 bits per heavy atom. The zero-order valence-electron chi connectivity index (χ0n) is 14.4. The first kappa shape index (κ1) is 17.5. The maximum atomic E-state index is 13.3. The third-order valence-electron chi connectivity index (χ3n) is 3.52. The van der Waals surface area contributed by atoms with Gasteiger partial charge in [0.2, 0.25) is 0 Å². The Labute approximate surface area is 150 Å². The average Bonchev–Trinajstić information content (AvgIpc) is 2.63. The Hall–Kier alpha value is -3.35. The third-order valence-corrected chi connectivity index (χ3v) is 3.52. The van der Waals surface area contributed by atoms with Gasteiger partial charge in [0.1, 0.15) is 28.8 Å². The Morgan fingerprint density at radius 2 is 2.00 bits per heavy atom. The molecule has 6 nitrogen and oxygen atoms in total. The van der Waals surface area contributed by atoms with E-state index < -0.39 is 11.7 Å². The fourth-order valence-electron chi connectivity index (χ4n) is 2.22. The first-order valence-corrected chi connectivity index (χ1v) is 8.07. The van der Waals surface area contributed by atoms with Crippen LogP contribution in [0, 0.1) is 12.7 Å². The van der Waals surface area contributed by atoms with E-state index in [1.54, 1.807) is 18.3 Å². The summed E-state index contributed by atoms with van der Waals surface area (Å²) >= 11 is 0. The summed E-state index contributed by atoms with van der Waals surface area (Å²) in [6.07, 6.45) is 4.76. The summed E-state index contributed by atoms with van der Waals surface area (Å²) in [5.41, 5.74) is 1.86. The number of amides is 1. The minimum absolute atomic E-state index is 0.186. The molecule has 0 aromatic carbocycles. The van der Waals surface area contributed by atoms with E-state index in [9.17, 15) is 9.18 Å². The number of nitrogens with zero attached hydrogens (tertiary/aromatic N) is 3. The quantitative estimate of drug-likeness (QED) is 0.753. The van der Waals surface area contributed by atoms with E-state index in [0.717, 1.165) is 11.8 Å². The van der Waals surface area contributed by atoms with E-state index in [2.05, 4.69) is 20.3 Å². The highest BCUT2D eigenvalue weighted by Crippen LogP contribution is 2.23. The maximum absolute atomic E-state index is 13.3. The monoisotopic (exact) mass is 352 g/mol. The molecule has 0 fully saturated rings. The van der Waals surface area contributed by atoms with Crippen LogP contribution >= 0.6 is 0 Å². The number of carbonyl (C=O) groups is 1. The van der Waals surface area contributed by atoms with Crippen LogP contribution < -0.4 is 10.1 Å². The van der Waals surface area contributed by atoms with Gasteiger partial charge in [0.05, 0.1) is 12.4 Å². The second-order valence-corrected chi connectivity index (χ2v) is 5.65. The van der Waals surface area contributed by atoms with Gasteiger partial charge >= 0.3 is 0 Å². The Bertz CT molecular complexity index is 929. The van der Waals surface area contributed by atoms with Gasteiger partial charge in [-0.1, -0.05) is 13.0 Å². The molecule has 1 N–H and O–H groups in total. The van der Waals surface area contributed by atoms with Gasteiger partial charge < -0.3 is 10.1 Å².